The second-order valence-electron chi connectivity index (χ2n) is 3.83. The average molecular weight is 282 g/mol. The molecule has 0 amide bonds. The average Bonchev–Trinajstić information content (AvgIpc) is 2.44. The quantitative estimate of drug-likeness (QED) is 0.920. The molecule has 1 aromatic carbocycles. The van der Waals surface area contributed by atoms with Crippen LogP contribution in [0.2, 0.25) is 0 Å². The van der Waals surface area contributed by atoms with Crippen molar-refractivity contribution in [3.63, 3.8) is 0 Å². The van der Waals surface area contributed by atoms with Crippen LogP contribution in [0.5, 0.6) is 0 Å². The van der Waals surface area contributed by atoms with Gasteiger partial charge in [0, 0.05) is 22.6 Å². The van der Waals surface area contributed by atoms with E-state index in [4.69, 9.17) is 5.11 Å². The summed E-state index contributed by atoms with van der Waals surface area (Å²) >= 11 is 3.49. The lowest BCUT2D eigenvalue weighted by Gasteiger charge is -2.00. The van der Waals surface area contributed by atoms with Crippen molar-refractivity contribution < 1.29 is 9.90 Å². The maximum atomic E-state index is 10.8. The van der Waals surface area contributed by atoms with Crippen molar-refractivity contribution in [2.24, 2.45) is 7.05 Å². The lowest BCUT2D eigenvalue weighted by atomic mass is 10.1. The molecule has 2 rings (SSSR count). The maximum absolute atomic E-state index is 10.8. The van der Waals surface area contributed by atoms with Gasteiger partial charge in [-0.2, -0.15) is 0 Å². The van der Waals surface area contributed by atoms with Gasteiger partial charge in [0.1, 0.15) is 0 Å². The molecule has 1 heterocycles. The van der Waals surface area contributed by atoms with Gasteiger partial charge in [-0.05, 0) is 34.5 Å². The summed E-state index contributed by atoms with van der Waals surface area (Å²) in [5, 5.41) is 9.92. The van der Waals surface area contributed by atoms with Crippen LogP contribution in [0.3, 0.4) is 0 Å². The van der Waals surface area contributed by atoms with E-state index in [0.717, 1.165) is 26.6 Å². The van der Waals surface area contributed by atoms with Gasteiger partial charge in [0.15, 0.2) is 0 Å². The molecule has 0 bridgehead atoms. The van der Waals surface area contributed by atoms with Crippen molar-refractivity contribution >= 4 is 32.8 Å². The molecule has 0 unspecified atom stereocenters. The molecule has 0 aliphatic heterocycles. The predicted molar refractivity (Wildman–Crippen MR) is 66.7 cm³/mol. The van der Waals surface area contributed by atoms with Crippen LogP contribution < -0.4 is 0 Å². The maximum Gasteiger partial charge on any atom is 0.307 e. The first-order valence-corrected chi connectivity index (χ1v) is 5.76. The highest BCUT2D eigenvalue weighted by Crippen LogP contribution is 2.30. The zero-order valence-corrected chi connectivity index (χ0v) is 10.7. The Labute approximate surface area is 102 Å². The Morgan fingerprint density at radius 3 is 2.81 bits per heavy atom. The molecule has 3 nitrogen and oxygen atoms in total. The van der Waals surface area contributed by atoms with Crippen LogP contribution in [0.1, 0.15) is 11.3 Å². The summed E-state index contributed by atoms with van der Waals surface area (Å²) in [7, 11) is 1.95. The number of carboxylic acid groups (broad SMARTS) is 1. The van der Waals surface area contributed by atoms with E-state index >= 15 is 0 Å². The highest BCUT2D eigenvalue weighted by Gasteiger charge is 2.15. The zero-order valence-electron chi connectivity index (χ0n) is 9.12. The number of hydrogen-bond donors (Lipinski definition) is 1. The minimum atomic E-state index is -0.796. The summed E-state index contributed by atoms with van der Waals surface area (Å²) in [6.07, 6.45) is 0.0691. The summed E-state index contributed by atoms with van der Waals surface area (Å²) in [6.45, 7) is 1.95. The number of aryl methyl sites for hydroxylation is 1. The van der Waals surface area contributed by atoms with Crippen LogP contribution in [0.15, 0.2) is 22.7 Å². The smallest absolute Gasteiger partial charge is 0.307 e. The number of aromatic nitrogens is 1. The van der Waals surface area contributed by atoms with Gasteiger partial charge >= 0.3 is 5.97 Å². The highest BCUT2D eigenvalue weighted by atomic mass is 79.9. The SMILES string of the molecule is Cc1c(CC(=O)O)c2cccc(Br)c2n1C. The number of carbonyl (C=O) groups is 1. The molecule has 0 saturated heterocycles. The Bertz CT molecular complexity index is 572. The molecule has 0 aliphatic rings. The minimum absolute atomic E-state index is 0.0691. The van der Waals surface area contributed by atoms with Crippen molar-refractivity contribution in [2.45, 2.75) is 13.3 Å². The standard InChI is InChI=1S/C12H12BrNO2/c1-7-9(6-11(15)16)8-4-3-5-10(13)12(8)14(7)2/h3-5H,6H2,1-2H3,(H,15,16). The predicted octanol–water partition coefficient (Wildman–Crippen LogP) is 2.88. The van der Waals surface area contributed by atoms with Crippen molar-refractivity contribution in [1.82, 2.24) is 4.57 Å². The second-order valence-corrected chi connectivity index (χ2v) is 4.68. The summed E-state index contributed by atoms with van der Waals surface area (Å²) in [4.78, 5) is 10.8. The first-order chi connectivity index (χ1) is 7.52. The Hall–Kier alpha value is -1.29. The third-order valence-corrected chi connectivity index (χ3v) is 3.56. The summed E-state index contributed by atoms with van der Waals surface area (Å²) in [5.74, 6) is -0.796. The molecular weight excluding hydrogens is 270 g/mol. The molecule has 4 heteroatoms. The largest absolute Gasteiger partial charge is 0.481 e. The normalized spacial score (nSPS) is 10.9. The monoisotopic (exact) mass is 281 g/mol. The molecule has 16 heavy (non-hydrogen) atoms. The van der Waals surface area contributed by atoms with Gasteiger partial charge in [0.2, 0.25) is 0 Å². The van der Waals surface area contributed by atoms with E-state index in [1.54, 1.807) is 0 Å². The zero-order chi connectivity index (χ0) is 11.9. The summed E-state index contributed by atoms with van der Waals surface area (Å²) in [6, 6.07) is 5.86. The van der Waals surface area contributed by atoms with E-state index in [9.17, 15) is 4.79 Å². The van der Waals surface area contributed by atoms with Gasteiger partial charge in [0.05, 0.1) is 11.9 Å². The van der Waals surface area contributed by atoms with Crippen molar-refractivity contribution in [2.75, 3.05) is 0 Å². The Balaban J connectivity index is 2.79. The van der Waals surface area contributed by atoms with E-state index in [-0.39, 0.29) is 6.42 Å². The number of para-hydroxylation sites is 1. The minimum Gasteiger partial charge on any atom is -0.481 e. The van der Waals surface area contributed by atoms with Crippen LogP contribution in [0.25, 0.3) is 10.9 Å². The summed E-state index contributed by atoms with van der Waals surface area (Å²) < 4.78 is 3.02. The van der Waals surface area contributed by atoms with Crippen LogP contribution in [-0.2, 0) is 18.3 Å². The molecule has 1 aromatic heterocycles. The second kappa shape index (κ2) is 3.94. The van der Waals surface area contributed by atoms with E-state index in [1.807, 2.05) is 36.7 Å². The molecular formula is C12H12BrNO2. The molecule has 2 aromatic rings. The topological polar surface area (TPSA) is 42.2 Å². The molecule has 0 fully saturated rings. The molecule has 1 N–H and O–H groups in total. The van der Waals surface area contributed by atoms with Crippen LogP contribution >= 0.6 is 15.9 Å². The van der Waals surface area contributed by atoms with Gasteiger partial charge in [-0.3, -0.25) is 4.79 Å². The fourth-order valence-corrected chi connectivity index (χ4v) is 2.67. The van der Waals surface area contributed by atoms with E-state index in [1.165, 1.54) is 0 Å². The van der Waals surface area contributed by atoms with E-state index in [0.29, 0.717) is 0 Å². The first-order valence-electron chi connectivity index (χ1n) is 4.96. The van der Waals surface area contributed by atoms with Crippen molar-refractivity contribution in [1.29, 1.82) is 0 Å². The van der Waals surface area contributed by atoms with Crippen LogP contribution in [-0.4, -0.2) is 15.6 Å². The van der Waals surface area contributed by atoms with Crippen molar-refractivity contribution in [3.05, 3.63) is 33.9 Å². The number of carboxylic acids is 1. The summed E-state index contributed by atoms with van der Waals surface area (Å²) in [5.41, 5.74) is 2.95. The van der Waals surface area contributed by atoms with Gasteiger partial charge in [-0.25, -0.2) is 0 Å². The van der Waals surface area contributed by atoms with E-state index < -0.39 is 5.97 Å². The third-order valence-electron chi connectivity index (χ3n) is 2.92. The van der Waals surface area contributed by atoms with Crippen LogP contribution in [0, 0.1) is 6.92 Å². The first kappa shape index (κ1) is 11.2. The fraction of sp³-hybridized carbons (Fsp3) is 0.250. The number of aliphatic carboxylic acids is 1. The number of nitrogens with zero attached hydrogens (tertiary/aromatic N) is 1. The Morgan fingerprint density at radius 1 is 1.50 bits per heavy atom. The fourth-order valence-electron chi connectivity index (χ4n) is 2.04. The number of hydrogen-bond acceptors (Lipinski definition) is 1. The third kappa shape index (κ3) is 1.63. The molecule has 0 aliphatic carbocycles. The Morgan fingerprint density at radius 2 is 2.19 bits per heavy atom. The van der Waals surface area contributed by atoms with Gasteiger partial charge < -0.3 is 9.67 Å². The van der Waals surface area contributed by atoms with Crippen molar-refractivity contribution in [3.8, 4) is 0 Å². The number of rotatable bonds is 2. The van der Waals surface area contributed by atoms with Gasteiger partial charge in [-0.15, -0.1) is 0 Å². The van der Waals surface area contributed by atoms with Gasteiger partial charge in [0.25, 0.3) is 0 Å². The number of halogens is 1. The highest BCUT2D eigenvalue weighted by molar-refractivity contribution is 9.10. The number of fused-ring (bicyclic) bond motifs is 1. The molecule has 0 saturated carbocycles. The number of benzene rings is 1. The lowest BCUT2D eigenvalue weighted by Crippen LogP contribution is -2.01. The lowest BCUT2D eigenvalue weighted by molar-refractivity contribution is -0.136. The van der Waals surface area contributed by atoms with E-state index in [2.05, 4.69) is 15.9 Å². The molecule has 84 valence electrons. The Kier molecular flexibility index (Phi) is 2.76. The molecule has 0 radical (unpaired) electrons. The molecule has 0 spiro atoms. The van der Waals surface area contributed by atoms with Crippen LogP contribution in [0.4, 0.5) is 0 Å². The molecule has 0 atom stereocenters. The van der Waals surface area contributed by atoms with Gasteiger partial charge in [-0.1, -0.05) is 12.1 Å².